The number of benzene rings is 2. The first-order chi connectivity index (χ1) is 17.0. The molecule has 0 radical (unpaired) electrons. The summed E-state index contributed by atoms with van der Waals surface area (Å²) in [5, 5.41) is 4.66. The maximum absolute atomic E-state index is 14.1. The Morgan fingerprint density at radius 3 is 2.60 bits per heavy atom. The molecule has 0 saturated carbocycles. The van der Waals surface area contributed by atoms with Crippen molar-refractivity contribution in [3.8, 4) is 16.3 Å². The number of carbonyl (C=O) groups excluding carboxylic acids is 1. The first-order valence-corrected chi connectivity index (χ1v) is 12.1. The van der Waals surface area contributed by atoms with Gasteiger partial charge in [0.05, 0.1) is 5.69 Å². The second kappa shape index (κ2) is 9.93. The summed E-state index contributed by atoms with van der Waals surface area (Å²) in [6.07, 6.45) is 0. The number of hydrogen-bond acceptors (Lipinski definition) is 7. The molecule has 10 heteroatoms. The zero-order chi connectivity index (χ0) is 24.4. The molecule has 1 fully saturated rings. The third-order valence-corrected chi connectivity index (χ3v) is 6.90. The highest BCUT2D eigenvalue weighted by Crippen LogP contribution is 2.26. The van der Waals surface area contributed by atoms with E-state index in [9.17, 15) is 14.0 Å². The standard InChI is InChI=1S/C25H24FN5O3S/c1-17-6-2-5-9-21(17)34-16-23(33)30-12-10-29(11-13-30)15-18-14-22(32)31-25(27-18)35-24(28-31)19-7-3-4-8-20(19)26/h2-9,14H,10-13,15-16H2,1H3. The summed E-state index contributed by atoms with van der Waals surface area (Å²) in [5.41, 5.74) is 1.66. The van der Waals surface area contributed by atoms with Crippen molar-refractivity contribution in [1.82, 2.24) is 24.4 Å². The van der Waals surface area contributed by atoms with Crippen molar-refractivity contribution in [2.24, 2.45) is 0 Å². The Hall–Kier alpha value is -3.63. The van der Waals surface area contributed by atoms with E-state index in [-0.39, 0.29) is 18.1 Å². The molecule has 1 saturated heterocycles. The molecule has 0 atom stereocenters. The average Bonchev–Trinajstić information content (AvgIpc) is 3.29. The second-order valence-corrected chi connectivity index (χ2v) is 9.33. The van der Waals surface area contributed by atoms with E-state index in [1.54, 1.807) is 23.1 Å². The zero-order valence-corrected chi connectivity index (χ0v) is 20.0. The minimum Gasteiger partial charge on any atom is -0.484 e. The summed E-state index contributed by atoms with van der Waals surface area (Å²) in [6, 6.07) is 15.4. The molecule has 0 N–H and O–H groups in total. The normalized spacial score (nSPS) is 14.4. The molecule has 35 heavy (non-hydrogen) atoms. The number of fused-ring (bicyclic) bond motifs is 1. The van der Waals surface area contributed by atoms with Gasteiger partial charge in [-0.15, -0.1) is 0 Å². The maximum Gasteiger partial charge on any atom is 0.275 e. The Labute approximate surface area is 205 Å². The minimum atomic E-state index is -0.392. The summed E-state index contributed by atoms with van der Waals surface area (Å²) >= 11 is 1.18. The highest BCUT2D eigenvalue weighted by Gasteiger charge is 2.22. The van der Waals surface area contributed by atoms with Crippen LogP contribution in [-0.2, 0) is 11.3 Å². The SMILES string of the molecule is Cc1ccccc1OCC(=O)N1CCN(Cc2cc(=O)n3nc(-c4ccccc4F)sc3n2)CC1. The first kappa shape index (κ1) is 23.1. The van der Waals surface area contributed by atoms with Gasteiger partial charge in [0, 0.05) is 44.4 Å². The Balaban J connectivity index is 1.20. The highest BCUT2D eigenvalue weighted by atomic mass is 32.1. The lowest BCUT2D eigenvalue weighted by atomic mass is 10.2. The van der Waals surface area contributed by atoms with Gasteiger partial charge in [-0.25, -0.2) is 9.37 Å². The number of nitrogens with zero attached hydrogens (tertiary/aromatic N) is 5. The van der Waals surface area contributed by atoms with Crippen LogP contribution in [0.3, 0.4) is 0 Å². The molecule has 4 aromatic rings. The lowest BCUT2D eigenvalue weighted by Crippen LogP contribution is -2.49. The van der Waals surface area contributed by atoms with E-state index >= 15 is 0 Å². The smallest absolute Gasteiger partial charge is 0.275 e. The van der Waals surface area contributed by atoms with Crippen molar-refractivity contribution < 1.29 is 13.9 Å². The van der Waals surface area contributed by atoms with Crippen LogP contribution in [0.1, 0.15) is 11.3 Å². The van der Waals surface area contributed by atoms with Gasteiger partial charge in [-0.3, -0.25) is 14.5 Å². The van der Waals surface area contributed by atoms with Gasteiger partial charge >= 0.3 is 0 Å². The van der Waals surface area contributed by atoms with Gasteiger partial charge in [-0.1, -0.05) is 41.7 Å². The van der Waals surface area contributed by atoms with E-state index in [0.717, 1.165) is 5.56 Å². The van der Waals surface area contributed by atoms with E-state index in [1.807, 2.05) is 31.2 Å². The van der Waals surface area contributed by atoms with Gasteiger partial charge in [0.1, 0.15) is 11.6 Å². The molecule has 2 aromatic carbocycles. The van der Waals surface area contributed by atoms with Crippen LogP contribution in [0, 0.1) is 12.7 Å². The van der Waals surface area contributed by atoms with Crippen LogP contribution >= 0.6 is 11.3 Å². The average molecular weight is 494 g/mol. The van der Waals surface area contributed by atoms with E-state index in [1.165, 1.54) is 28.0 Å². The molecule has 1 aliphatic rings. The fourth-order valence-corrected chi connectivity index (χ4v) is 4.97. The van der Waals surface area contributed by atoms with Crippen molar-refractivity contribution in [3.05, 3.63) is 82.0 Å². The van der Waals surface area contributed by atoms with Crippen molar-refractivity contribution >= 4 is 22.2 Å². The minimum absolute atomic E-state index is 0.00949. The number of piperazine rings is 1. The number of hydrogen-bond donors (Lipinski definition) is 0. The number of carbonyl (C=O) groups is 1. The van der Waals surface area contributed by atoms with Gasteiger partial charge in [-0.05, 0) is 30.7 Å². The zero-order valence-electron chi connectivity index (χ0n) is 19.2. The topological polar surface area (TPSA) is 80.0 Å². The number of aromatic nitrogens is 3. The fourth-order valence-electron chi connectivity index (χ4n) is 4.01. The van der Waals surface area contributed by atoms with Crippen LogP contribution in [-0.4, -0.2) is 63.1 Å². The van der Waals surface area contributed by atoms with Crippen molar-refractivity contribution in [1.29, 1.82) is 0 Å². The van der Waals surface area contributed by atoms with Crippen molar-refractivity contribution in [3.63, 3.8) is 0 Å². The number of aryl methyl sites for hydroxylation is 1. The van der Waals surface area contributed by atoms with Crippen LogP contribution in [0.2, 0.25) is 0 Å². The van der Waals surface area contributed by atoms with E-state index in [2.05, 4.69) is 15.0 Å². The Bertz CT molecular complexity index is 1430. The third-order valence-electron chi connectivity index (χ3n) is 5.96. The van der Waals surface area contributed by atoms with E-state index in [0.29, 0.717) is 59.7 Å². The predicted molar refractivity (Wildman–Crippen MR) is 131 cm³/mol. The Morgan fingerprint density at radius 1 is 1.09 bits per heavy atom. The Morgan fingerprint density at radius 2 is 1.83 bits per heavy atom. The van der Waals surface area contributed by atoms with Gasteiger partial charge in [0.15, 0.2) is 11.6 Å². The van der Waals surface area contributed by atoms with E-state index < -0.39 is 5.82 Å². The van der Waals surface area contributed by atoms with Crippen molar-refractivity contribution in [2.75, 3.05) is 32.8 Å². The number of amides is 1. The molecule has 0 unspecified atom stereocenters. The number of rotatable bonds is 6. The molecule has 180 valence electrons. The number of ether oxygens (including phenoxy) is 1. The third kappa shape index (κ3) is 5.08. The van der Waals surface area contributed by atoms with Crippen molar-refractivity contribution in [2.45, 2.75) is 13.5 Å². The van der Waals surface area contributed by atoms with Gasteiger partial charge in [-0.2, -0.15) is 9.61 Å². The van der Waals surface area contributed by atoms with Gasteiger partial charge in [0.25, 0.3) is 11.5 Å². The molecule has 2 aromatic heterocycles. The van der Waals surface area contributed by atoms with Gasteiger partial charge in [0.2, 0.25) is 4.96 Å². The molecule has 1 amide bonds. The number of para-hydroxylation sites is 1. The number of halogens is 1. The molecule has 0 spiro atoms. The summed E-state index contributed by atoms with van der Waals surface area (Å²) in [7, 11) is 0. The van der Waals surface area contributed by atoms with Crippen LogP contribution < -0.4 is 10.3 Å². The molecule has 1 aliphatic heterocycles. The van der Waals surface area contributed by atoms with Crippen LogP contribution in [0.5, 0.6) is 5.75 Å². The largest absolute Gasteiger partial charge is 0.484 e. The Kier molecular flexibility index (Phi) is 6.56. The first-order valence-electron chi connectivity index (χ1n) is 11.3. The monoisotopic (exact) mass is 493 g/mol. The fraction of sp³-hybridized carbons (Fsp3) is 0.280. The lowest BCUT2D eigenvalue weighted by Gasteiger charge is -2.34. The lowest BCUT2D eigenvalue weighted by molar-refractivity contribution is -0.135. The molecular formula is C25H24FN5O3S. The van der Waals surface area contributed by atoms with Crippen LogP contribution in [0.4, 0.5) is 4.39 Å². The summed E-state index contributed by atoms with van der Waals surface area (Å²) in [4.78, 5) is 34.2. The van der Waals surface area contributed by atoms with Gasteiger partial charge < -0.3 is 9.64 Å². The molecule has 0 bridgehead atoms. The second-order valence-electron chi connectivity index (χ2n) is 8.38. The van der Waals surface area contributed by atoms with Crippen LogP contribution in [0.15, 0.2) is 59.4 Å². The highest BCUT2D eigenvalue weighted by molar-refractivity contribution is 7.19. The van der Waals surface area contributed by atoms with Crippen LogP contribution in [0.25, 0.3) is 15.5 Å². The molecule has 0 aliphatic carbocycles. The molecule has 3 heterocycles. The quantitative estimate of drug-likeness (QED) is 0.411. The predicted octanol–water partition coefficient (Wildman–Crippen LogP) is 2.99. The maximum atomic E-state index is 14.1. The summed E-state index contributed by atoms with van der Waals surface area (Å²) < 4.78 is 21.0. The van der Waals surface area contributed by atoms with E-state index in [4.69, 9.17) is 4.74 Å². The molecular weight excluding hydrogens is 469 g/mol. The molecule has 8 nitrogen and oxygen atoms in total. The summed E-state index contributed by atoms with van der Waals surface area (Å²) in [6.45, 7) is 4.93. The molecule has 5 rings (SSSR count). The summed E-state index contributed by atoms with van der Waals surface area (Å²) in [5.74, 6) is 0.279.